The van der Waals surface area contributed by atoms with Gasteiger partial charge in [0.1, 0.15) is 10.6 Å². The highest BCUT2D eigenvalue weighted by Gasteiger charge is 2.32. The van der Waals surface area contributed by atoms with Crippen molar-refractivity contribution in [2.75, 3.05) is 4.72 Å². The average molecular weight is 451 g/mol. The van der Waals surface area contributed by atoms with Crippen LogP contribution >= 0.6 is 0 Å². The third-order valence-corrected chi connectivity index (χ3v) is 5.85. The number of hydrogen-bond acceptors (Lipinski definition) is 6. The van der Waals surface area contributed by atoms with Crippen LogP contribution in [0.3, 0.4) is 0 Å². The number of nitrogens with zero attached hydrogens (tertiary/aromatic N) is 6. The Labute approximate surface area is 174 Å². The van der Waals surface area contributed by atoms with E-state index in [1.807, 2.05) is 13.0 Å². The minimum atomic E-state index is -4.63. The summed E-state index contributed by atoms with van der Waals surface area (Å²) in [6, 6.07) is 3.89. The molecule has 0 amide bonds. The lowest BCUT2D eigenvalue weighted by Crippen LogP contribution is -2.14. The predicted octanol–water partition coefficient (Wildman–Crippen LogP) is 2.93. The number of anilines is 1. The molecular weight excluding hydrogens is 435 g/mol. The van der Waals surface area contributed by atoms with Crippen molar-refractivity contribution in [1.82, 2.24) is 29.5 Å². The molecule has 0 aromatic carbocycles. The average Bonchev–Trinajstić information content (AvgIpc) is 3.35. The third-order valence-electron chi connectivity index (χ3n) is 4.56. The predicted molar refractivity (Wildman–Crippen MR) is 105 cm³/mol. The van der Waals surface area contributed by atoms with Crippen molar-refractivity contribution < 1.29 is 21.6 Å². The van der Waals surface area contributed by atoms with Crippen molar-refractivity contribution in [3.05, 3.63) is 54.4 Å². The summed E-state index contributed by atoms with van der Waals surface area (Å²) in [6.45, 7) is 1.89. The highest BCUT2D eigenvalue weighted by Crippen LogP contribution is 2.29. The largest absolute Gasteiger partial charge is 0.433 e. The summed E-state index contributed by atoms with van der Waals surface area (Å²) in [5.74, 6) is 0.110. The smallest absolute Gasteiger partial charge is 0.268 e. The molecule has 0 saturated carbocycles. The monoisotopic (exact) mass is 451 g/mol. The van der Waals surface area contributed by atoms with E-state index in [1.165, 1.54) is 12.3 Å². The summed E-state index contributed by atoms with van der Waals surface area (Å²) in [5, 5.41) is 8.53. The van der Waals surface area contributed by atoms with Crippen LogP contribution in [-0.2, 0) is 29.7 Å². The van der Waals surface area contributed by atoms with Gasteiger partial charge in [0, 0.05) is 18.9 Å². The Hall–Kier alpha value is -3.48. The molecule has 0 radical (unpaired) electrons. The van der Waals surface area contributed by atoms with Gasteiger partial charge in [0.15, 0.2) is 5.82 Å². The van der Waals surface area contributed by atoms with Crippen molar-refractivity contribution >= 4 is 26.7 Å². The highest BCUT2D eigenvalue weighted by atomic mass is 32.2. The van der Waals surface area contributed by atoms with E-state index in [1.54, 1.807) is 11.7 Å². The fourth-order valence-electron chi connectivity index (χ4n) is 2.94. The Bertz CT molecular complexity index is 1380. The highest BCUT2D eigenvalue weighted by molar-refractivity contribution is 7.92. The summed E-state index contributed by atoms with van der Waals surface area (Å²) in [6.07, 6.45) is 0.578. The maximum atomic E-state index is 12.9. The molecule has 0 spiro atoms. The molecule has 162 valence electrons. The normalized spacial score (nSPS) is 12.4. The zero-order valence-electron chi connectivity index (χ0n) is 16.3. The Kier molecular flexibility index (Phi) is 4.92. The lowest BCUT2D eigenvalue weighted by Gasteiger charge is -2.09. The van der Waals surface area contributed by atoms with E-state index in [9.17, 15) is 21.6 Å². The molecule has 0 aliphatic rings. The molecule has 4 aromatic heterocycles. The van der Waals surface area contributed by atoms with Crippen molar-refractivity contribution in [3.63, 3.8) is 0 Å². The molecule has 1 N–H and O–H groups in total. The van der Waals surface area contributed by atoms with Crippen molar-refractivity contribution in [2.45, 2.75) is 24.4 Å². The van der Waals surface area contributed by atoms with Crippen LogP contribution in [-0.4, -0.2) is 37.9 Å². The Morgan fingerprint density at radius 1 is 1.16 bits per heavy atom. The van der Waals surface area contributed by atoms with Crippen LogP contribution in [0, 0.1) is 0 Å². The molecule has 0 bridgehead atoms. The van der Waals surface area contributed by atoms with Crippen LogP contribution in [0.15, 0.2) is 47.9 Å². The number of alkyl halides is 3. The summed E-state index contributed by atoms with van der Waals surface area (Å²) in [5.41, 5.74) is 0.282. The first kappa shape index (κ1) is 20.8. The van der Waals surface area contributed by atoms with Crippen molar-refractivity contribution in [1.29, 1.82) is 0 Å². The second-order valence-electron chi connectivity index (χ2n) is 6.64. The first-order chi connectivity index (χ1) is 14.6. The first-order valence-electron chi connectivity index (χ1n) is 9.01. The van der Waals surface area contributed by atoms with Crippen LogP contribution < -0.4 is 4.72 Å². The molecule has 31 heavy (non-hydrogen) atoms. The Morgan fingerprint density at radius 2 is 1.94 bits per heavy atom. The van der Waals surface area contributed by atoms with Gasteiger partial charge < -0.3 is 0 Å². The van der Waals surface area contributed by atoms with Crippen LogP contribution in [0.2, 0.25) is 0 Å². The molecule has 0 saturated heterocycles. The van der Waals surface area contributed by atoms with Crippen LogP contribution in [0.4, 0.5) is 19.0 Å². The third kappa shape index (κ3) is 3.95. The standard InChI is InChI=1S/C18H16F3N7O2S/c1-3-11-6-15-14(9-23-27(15)2)17(25-11)26-31(29,30)13-8-24-28(10-13)12-4-5-22-16(7-12)18(19,20)21/h4-10H,3H2,1-2H3,(H,25,26). The van der Waals surface area contributed by atoms with Crippen LogP contribution in [0.5, 0.6) is 0 Å². The fourth-order valence-corrected chi connectivity index (χ4v) is 3.90. The summed E-state index contributed by atoms with van der Waals surface area (Å²) >= 11 is 0. The van der Waals surface area contributed by atoms with Gasteiger partial charge in [-0.3, -0.25) is 14.4 Å². The van der Waals surface area contributed by atoms with Crippen LogP contribution in [0.25, 0.3) is 16.6 Å². The number of aryl methyl sites for hydroxylation is 2. The van der Waals surface area contributed by atoms with Gasteiger partial charge in [-0.25, -0.2) is 18.1 Å². The summed E-state index contributed by atoms with van der Waals surface area (Å²) in [7, 11) is -2.39. The lowest BCUT2D eigenvalue weighted by molar-refractivity contribution is -0.141. The molecule has 4 heterocycles. The van der Waals surface area contributed by atoms with Gasteiger partial charge in [0.25, 0.3) is 10.0 Å². The maximum Gasteiger partial charge on any atom is 0.433 e. The Morgan fingerprint density at radius 3 is 2.65 bits per heavy atom. The van der Waals surface area contributed by atoms with Crippen molar-refractivity contribution in [3.8, 4) is 5.69 Å². The molecule has 0 aliphatic heterocycles. The summed E-state index contributed by atoms with van der Waals surface area (Å²) < 4.78 is 69.6. The first-order valence-corrected chi connectivity index (χ1v) is 10.5. The molecule has 9 nitrogen and oxygen atoms in total. The number of aromatic nitrogens is 6. The van der Waals surface area contributed by atoms with Gasteiger partial charge in [-0.2, -0.15) is 23.4 Å². The molecule has 4 rings (SSSR count). The number of nitrogens with one attached hydrogen (secondary N) is 1. The number of halogens is 3. The Balaban J connectivity index is 1.69. The molecule has 13 heteroatoms. The van der Waals surface area contributed by atoms with Gasteiger partial charge in [-0.1, -0.05) is 6.92 Å². The number of fused-ring (bicyclic) bond motifs is 1. The van der Waals surface area contributed by atoms with Gasteiger partial charge >= 0.3 is 6.18 Å². The van der Waals surface area contributed by atoms with Gasteiger partial charge in [-0.15, -0.1) is 0 Å². The van der Waals surface area contributed by atoms with E-state index in [-0.39, 0.29) is 16.4 Å². The summed E-state index contributed by atoms with van der Waals surface area (Å²) in [4.78, 5) is 7.39. The minimum Gasteiger partial charge on any atom is -0.268 e. The number of rotatable bonds is 5. The number of hydrogen-bond donors (Lipinski definition) is 1. The second kappa shape index (κ2) is 7.34. The van der Waals surface area contributed by atoms with Crippen LogP contribution in [0.1, 0.15) is 18.3 Å². The molecule has 0 atom stereocenters. The van der Waals surface area contributed by atoms with E-state index < -0.39 is 21.9 Å². The van der Waals surface area contributed by atoms with Gasteiger partial charge in [-0.05, 0) is 24.6 Å². The minimum absolute atomic E-state index is 0.0181. The molecule has 0 unspecified atom stereocenters. The maximum absolute atomic E-state index is 12.9. The van der Waals surface area contributed by atoms with Crippen molar-refractivity contribution in [2.24, 2.45) is 7.05 Å². The van der Waals surface area contributed by atoms with E-state index in [2.05, 4.69) is 24.9 Å². The van der Waals surface area contributed by atoms with E-state index in [4.69, 9.17) is 0 Å². The fraction of sp³-hybridized carbons (Fsp3) is 0.222. The number of sulfonamides is 1. The van der Waals surface area contributed by atoms with E-state index in [0.29, 0.717) is 23.0 Å². The SMILES string of the molecule is CCc1cc2c(cnn2C)c(NS(=O)(=O)c2cnn(-c3ccnc(C(F)(F)F)c3)c2)n1. The zero-order chi connectivity index (χ0) is 22.4. The topological polar surface area (TPSA) is 108 Å². The lowest BCUT2D eigenvalue weighted by atomic mass is 10.2. The molecule has 0 fully saturated rings. The van der Waals surface area contributed by atoms with Gasteiger partial charge in [0.2, 0.25) is 0 Å². The number of pyridine rings is 2. The quantitative estimate of drug-likeness (QED) is 0.500. The van der Waals surface area contributed by atoms with E-state index >= 15 is 0 Å². The molecule has 4 aromatic rings. The van der Waals surface area contributed by atoms with E-state index in [0.717, 1.165) is 29.3 Å². The van der Waals surface area contributed by atoms with Gasteiger partial charge in [0.05, 0.1) is 35.2 Å². The molecular formula is C18H16F3N7O2S. The zero-order valence-corrected chi connectivity index (χ0v) is 17.1. The molecule has 0 aliphatic carbocycles. The second-order valence-corrected chi connectivity index (χ2v) is 8.32.